The van der Waals surface area contributed by atoms with Gasteiger partial charge in [0.25, 0.3) is 0 Å². The van der Waals surface area contributed by atoms with E-state index in [1.54, 1.807) is 6.08 Å². The van der Waals surface area contributed by atoms with E-state index >= 15 is 0 Å². The van der Waals surface area contributed by atoms with Gasteiger partial charge < -0.3 is 18.6 Å². The van der Waals surface area contributed by atoms with E-state index < -0.39 is 37.3 Å². The van der Waals surface area contributed by atoms with Crippen molar-refractivity contribution in [2.75, 3.05) is 7.11 Å². The summed E-state index contributed by atoms with van der Waals surface area (Å²) in [7, 11) is -0.616. The van der Waals surface area contributed by atoms with Crippen LogP contribution in [0.25, 0.3) is 0 Å². The summed E-state index contributed by atoms with van der Waals surface area (Å²) in [5.74, 6) is -0.574. The molecule has 0 N–H and O–H groups in total. The van der Waals surface area contributed by atoms with Gasteiger partial charge >= 0.3 is 11.9 Å². The molecule has 5 aliphatic rings. The van der Waals surface area contributed by atoms with E-state index in [0.717, 1.165) is 12.2 Å². The molecular formula is C35H46O7Si. The Morgan fingerprint density at radius 3 is 2.53 bits per heavy atom. The Morgan fingerprint density at radius 1 is 1.14 bits per heavy atom. The molecule has 0 spiro atoms. The normalized spacial score (nSPS) is 38.3. The van der Waals surface area contributed by atoms with Crippen LogP contribution < -0.4 is 4.43 Å². The number of rotatable bonds is 5. The van der Waals surface area contributed by atoms with Crippen molar-refractivity contribution in [1.29, 1.82) is 0 Å². The summed E-state index contributed by atoms with van der Waals surface area (Å²) in [6.07, 6.45) is 3.79. The van der Waals surface area contributed by atoms with Crippen LogP contribution in [0.1, 0.15) is 72.3 Å². The first-order valence-electron chi connectivity index (χ1n) is 15.7. The van der Waals surface area contributed by atoms with Crippen molar-refractivity contribution in [2.45, 2.75) is 103 Å². The summed E-state index contributed by atoms with van der Waals surface area (Å²) in [6.45, 7) is 17.2. The average molecular weight is 607 g/mol. The highest BCUT2D eigenvalue weighted by Gasteiger charge is 2.73. The molecule has 8 heteroatoms. The lowest BCUT2D eigenvalue weighted by atomic mass is 9.45. The summed E-state index contributed by atoms with van der Waals surface area (Å²) in [5.41, 5.74) is 1.83. The lowest BCUT2D eigenvalue weighted by Crippen LogP contribution is -2.65. The van der Waals surface area contributed by atoms with Crippen molar-refractivity contribution in [3.05, 3.63) is 53.1 Å². The molecule has 2 saturated heterocycles. The average Bonchev–Trinajstić information content (AvgIpc) is 3.40. The first-order valence-corrected chi connectivity index (χ1v) is 18.6. The zero-order valence-corrected chi connectivity index (χ0v) is 28.0. The zero-order chi connectivity index (χ0) is 31.3. The molecule has 2 aliphatic heterocycles. The van der Waals surface area contributed by atoms with E-state index in [2.05, 4.69) is 65.1 Å². The molecule has 0 aromatic heterocycles. The summed E-state index contributed by atoms with van der Waals surface area (Å²) in [4.78, 5) is 39.9. The minimum absolute atomic E-state index is 0.0544. The highest BCUT2D eigenvalue weighted by Crippen LogP contribution is 2.66. The predicted octanol–water partition coefficient (Wildman–Crippen LogP) is 6.53. The Balaban J connectivity index is 1.36. The third-order valence-electron chi connectivity index (χ3n) is 12.1. The van der Waals surface area contributed by atoms with Crippen LogP contribution in [0.2, 0.25) is 18.1 Å². The van der Waals surface area contributed by atoms with Gasteiger partial charge in [-0.2, -0.15) is 0 Å². The molecule has 7 nitrogen and oxygen atoms in total. The number of fused-ring (bicyclic) bond motifs is 3. The van der Waals surface area contributed by atoms with Crippen LogP contribution in [0.4, 0.5) is 0 Å². The van der Waals surface area contributed by atoms with Crippen molar-refractivity contribution in [3.63, 3.8) is 0 Å². The first-order chi connectivity index (χ1) is 20.0. The number of benzene rings is 1. The lowest BCUT2D eigenvalue weighted by Gasteiger charge is -2.58. The fraction of sp³-hybridized carbons (Fsp3) is 0.629. The SMILES string of the molecule is COC(=O)C[C@H]1[C@@H]2CC3=C(C)[C@H](c4cccc(O[Si](C)(C)C(C)(C)C)c4)C[C@@H]3O[C@@H]2[C@@H]2OC(=O)[C@]3(C)C=CC(=O)[C@@]1(C)[C@@H]23. The summed E-state index contributed by atoms with van der Waals surface area (Å²) >= 11 is 0. The largest absolute Gasteiger partial charge is 0.543 e. The Hall–Kier alpha value is -2.71. The van der Waals surface area contributed by atoms with Gasteiger partial charge in [-0.05, 0) is 86.0 Å². The maximum Gasteiger partial charge on any atom is 0.316 e. The number of hydrogen-bond donors (Lipinski definition) is 0. The van der Waals surface area contributed by atoms with Crippen molar-refractivity contribution in [1.82, 2.24) is 0 Å². The minimum Gasteiger partial charge on any atom is -0.543 e. The zero-order valence-electron chi connectivity index (χ0n) is 27.0. The van der Waals surface area contributed by atoms with Crippen LogP contribution in [0.3, 0.4) is 0 Å². The van der Waals surface area contributed by atoms with Gasteiger partial charge in [-0.1, -0.05) is 51.5 Å². The number of carbonyl (C=O) groups is 3. The maximum atomic E-state index is 13.7. The van der Waals surface area contributed by atoms with Gasteiger partial charge in [0.1, 0.15) is 11.9 Å². The van der Waals surface area contributed by atoms with Crippen molar-refractivity contribution >= 4 is 26.0 Å². The fourth-order valence-corrected chi connectivity index (χ4v) is 9.69. The summed E-state index contributed by atoms with van der Waals surface area (Å²) in [5, 5.41) is 0.0958. The van der Waals surface area contributed by atoms with E-state index in [-0.39, 0.29) is 53.0 Å². The molecule has 3 aliphatic carbocycles. The van der Waals surface area contributed by atoms with Crippen molar-refractivity contribution < 1.29 is 33.0 Å². The van der Waals surface area contributed by atoms with E-state index in [0.29, 0.717) is 6.42 Å². The monoisotopic (exact) mass is 606 g/mol. The molecule has 1 aromatic rings. The molecule has 1 aromatic carbocycles. The molecule has 6 rings (SSSR count). The van der Waals surface area contributed by atoms with Crippen LogP contribution in [-0.2, 0) is 28.6 Å². The molecule has 0 radical (unpaired) electrons. The number of carbonyl (C=O) groups excluding carboxylic acids is 3. The minimum atomic E-state index is -2.00. The smallest absolute Gasteiger partial charge is 0.316 e. The second-order valence-corrected chi connectivity index (χ2v) is 20.1. The third kappa shape index (κ3) is 4.41. The molecule has 232 valence electrons. The Labute approximate surface area is 256 Å². The number of allylic oxidation sites excluding steroid dienone is 2. The van der Waals surface area contributed by atoms with Crippen LogP contribution >= 0.6 is 0 Å². The maximum absolute atomic E-state index is 13.7. The predicted molar refractivity (Wildman–Crippen MR) is 165 cm³/mol. The summed E-state index contributed by atoms with van der Waals surface area (Å²) < 4.78 is 24.8. The number of hydrogen-bond acceptors (Lipinski definition) is 7. The molecule has 0 amide bonds. The van der Waals surface area contributed by atoms with Gasteiger partial charge in [0, 0.05) is 23.7 Å². The molecule has 3 fully saturated rings. The van der Waals surface area contributed by atoms with Crippen molar-refractivity contribution in [2.24, 2.45) is 28.6 Å². The topological polar surface area (TPSA) is 88.1 Å². The Morgan fingerprint density at radius 2 is 1.86 bits per heavy atom. The van der Waals surface area contributed by atoms with Crippen LogP contribution in [0.5, 0.6) is 5.75 Å². The number of methoxy groups -OCH3 is 1. The highest BCUT2D eigenvalue weighted by molar-refractivity contribution is 6.74. The highest BCUT2D eigenvalue weighted by atomic mass is 28.4. The van der Waals surface area contributed by atoms with E-state index in [4.69, 9.17) is 18.6 Å². The standard InChI is InChI=1S/C35H46O7Si/c1-19-22(20-11-10-12-21(15-20)42-43(8,9)33(2,3)4)17-26-23(19)16-24-25(18-28(37)39-7)35(6)27(36)13-14-34(5)31(35)30(29(24)40-26)41-32(34)38/h10-15,22,24-26,29-31H,16-18H2,1-9H3/t22-,24+,25+,26+,29+,30+,31+,34-,35+/m1/s1. The van der Waals surface area contributed by atoms with Crippen molar-refractivity contribution in [3.8, 4) is 5.75 Å². The van der Waals surface area contributed by atoms with Gasteiger partial charge in [0.05, 0.1) is 24.7 Å². The number of ketones is 1. The van der Waals surface area contributed by atoms with E-state index in [9.17, 15) is 14.4 Å². The van der Waals surface area contributed by atoms with Crippen LogP contribution in [-0.4, -0.2) is 51.5 Å². The second-order valence-electron chi connectivity index (χ2n) is 15.4. The van der Waals surface area contributed by atoms with Gasteiger partial charge in [0.2, 0.25) is 8.32 Å². The first kappa shape index (κ1) is 30.3. The van der Waals surface area contributed by atoms with Gasteiger partial charge in [-0.15, -0.1) is 0 Å². The molecule has 9 atom stereocenters. The van der Waals surface area contributed by atoms with E-state index in [1.807, 2.05) is 13.8 Å². The Bertz CT molecular complexity index is 1440. The summed E-state index contributed by atoms with van der Waals surface area (Å²) in [6, 6.07) is 8.48. The molecule has 1 saturated carbocycles. The number of esters is 2. The molecule has 0 unspecified atom stereocenters. The van der Waals surface area contributed by atoms with Crippen LogP contribution in [0, 0.1) is 28.6 Å². The quantitative estimate of drug-likeness (QED) is 0.214. The van der Waals surface area contributed by atoms with Gasteiger partial charge in [-0.3, -0.25) is 14.4 Å². The lowest BCUT2D eigenvalue weighted by molar-refractivity contribution is -0.204. The fourth-order valence-electron chi connectivity index (χ4n) is 8.67. The number of ether oxygens (including phenoxy) is 3. The molecule has 2 heterocycles. The molecule has 43 heavy (non-hydrogen) atoms. The second kappa shape index (κ2) is 9.90. The van der Waals surface area contributed by atoms with E-state index in [1.165, 1.54) is 29.9 Å². The van der Waals surface area contributed by atoms with Crippen LogP contribution in [0.15, 0.2) is 47.6 Å². The van der Waals surface area contributed by atoms with Gasteiger partial charge in [0.15, 0.2) is 5.78 Å². The third-order valence-corrected chi connectivity index (χ3v) is 16.5. The Kier molecular flexibility index (Phi) is 6.98. The molecular weight excluding hydrogens is 560 g/mol. The van der Waals surface area contributed by atoms with Gasteiger partial charge in [-0.25, -0.2) is 0 Å². The molecule has 0 bridgehead atoms.